The number of sulfone groups is 1. The topological polar surface area (TPSA) is 81.4 Å². The fourth-order valence-corrected chi connectivity index (χ4v) is 5.66. The lowest BCUT2D eigenvalue weighted by molar-refractivity contribution is 0.129. The Hall–Kier alpha value is -2.54. The van der Waals surface area contributed by atoms with Gasteiger partial charge in [0.05, 0.1) is 22.4 Å². The van der Waals surface area contributed by atoms with Crippen LogP contribution in [0.2, 0.25) is 0 Å². The van der Waals surface area contributed by atoms with Crippen molar-refractivity contribution in [3.63, 3.8) is 0 Å². The van der Waals surface area contributed by atoms with Crippen molar-refractivity contribution in [3.8, 4) is 28.3 Å². The summed E-state index contributed by atoms with van der Waals surface area (Å²) in [5.41, 5.74) is 2.89. The maximum absolute atomic E-state index is 12.6. The SMILES string of the molecule is CCCC1CCC(Oc2ccc(S(=O)(=O)CC)cc2-c2cc(C)n(O)c3nccc2-3)CC1. The molecule has 7 heteroatoms. The van der Waals surface area contributed by atoms with Crippen molar-refractivity contribution in [2.45, 2.75) is 70.3 Å². The van der Waals surface area contributed by atoms with Gasteiger partial charge in [0.25, 0.3) is 0 Å². The van der Waals surface area contributed by atoms with Crippen LogP contribution in [-0.2, 0) is 9.84 Å². The van der Waals surface area contributed by atoms with E-state index < -0.39 is 9.84 Å². The summed E-state index contributed by atoms with van der Waals surface area (Å²) >= 11 is 0. The van der Waals surface area contributed by atoms with Gasteiger partial charge in [0.1, 0.15) is 5.75 Å². The molecular formula is C25H32N2O4S. The minimum atomic E-state index is -3.38. The molecule has 1 aromatic carbocycles. The Labute approximate surface area is 190 Å². The molecule has 0 saturated heterocycles. The summed E-state index contributed by atoms with van der Waals surface area (Å²) in [6.45, 7) is 5.67. The number of ether oxygens (including phenoxy) is 1. The lowest BCUT2D eigenvalue weighted by atomic mass is 9.84. The fraction of sp³-hybridized carbons (Fsp3) is 0.480. The number of fused-ring (bicyclic) bond motifs is 1. The van der Waals surface area contributed by atoms with Gasteiger partial charge in [-0.3, -0.25) is 0 Å². The molecule has 4 rings (SSSR count). The Morgan fingerprint density at radius 2 is 1.81 bits per heavy atom. The lowest BCUT2D eigenvalue weighted by Crippen LogP contribution is -2.24. The van der Waals surface area contributed by atoms with Crippen LogP contribution in [0.5, 0.6) is 5.75 Å². The lowest BCUT2D eigenvalue weighted by Gasteiger charge is -2.29. The van der Waals surface area contributed by atoms with Crippen LogP contribution in [0, 0.1) is 12.8 Å². The third-order valence-corrected chi connectivity index (χ3v) is 8.35. The van der Waals surface area contributed by atoms with Crippen LogP contribution in [-0.4, -0.2) is 35.2 Å². The number of hydrogen-bond acceptors (Lipinski definition) is 5. The second-order valence-corrected chi connectivity index (χ2v) is 11.1. The molecule has 1 fully saturated rings. The van der Waals surface area contributed by atoms with Crippen molar-refractivity contribution in [1.82, 2.24) is 9.71 Å². The van der Waals surface area contributed by atoms with Gasteiger partial charge in [-0.25, -0.2) is 13.4 Å². The number of benzene rings is 1. The molecule has 32 heavy (non-hydrogen) atoms. The van der Waals surface area contributed by atoms with E-state index in [9.17, 15) is 13.6 Å². The molecule has 3 aliphatic rings. The van der Waals surface area contributed by atoms with E-state index in [-0.39, 0.29) is 16.8 Å². The van der Waals surface area contributed by atoms with Gasteiger partial charge in [-0.2, -0.15) is 4.73 Å². The van der Waals surface area contributed by atoms with E-state index in [1.807, 2.05) is 12.1 Å². The van der Waals surface area contributed by atoms with E-state index in [0.717, 1.165) is 40.2 Å². The molecule has 2 heterocycles. The molecule has 0 amide bonds. The summed E-state index contributed by atoms with van der Waals surface area (Å²) in [4.78, 5) is 4.56. The predicted octanol–water partition coefficient (Wildman–Crippen LogP) is 5.73. The second-order valence-electron chi connectivity index (χ2n) is 8.80. The zero-order valence-corrected chi connectivity index (χ0v) is 19.9. The molecule has 0 spiro atoms. The van der Waals surface area contributed by atoms with E-state index >= 15 is 0 Å². The number of hydrogen-bond donors (Lipinski definition) is 1. The van der Waals surface area contributed by atoms with Crippen molar-refractivity contribution in [2.24, 2.45) is 5.92 Å². The maximum Gasteiger partial charge on any atom is 0.178 e. The van der Waals surface area contributed by atoms with E-state index in [4.69, 9.17) is 4.74 Å². The van der Waals surface area contributed by atoms with Crippen molar-refractivity contribution in [3.05, 3.63) is 42.2 Å². The summed E-state index contributed by atoms with van der Waals surface area (Å²) in [7, 11) is -3.38. The average molecular weight is 457 g/mol. The molecule has 6 nitrogen and oxygen atoms in total. The number of pyridine rings is 1. The van der Waals surface area contributed by atoms with Gasteiger partial charge in [0.15, 0.2) is 15.7 Å². The number of aromatic nitrogens is 2. The average Bonchev–Trinajstić information content (AvgIpc) is 3.28. The van der Waals surface area contributed by atoms with Crippen LogP contribution in [0.25, 0.3) is 22.5 Å². The van der Waals surface area contributed by atoms with Crippen LogP contribution >= 0.6 is 0 Å². The second kappa shape index (κ2) is 9.14. The van der Waals surface area contributed by atoms with E-state index in [0.29, 0.717) is 17.3 Å². The Balaban J connectivity index is 1.76. The van der Waals surface area contributed by atoms with E-state index in [1.165, 1.54) is 25.7 Å². The minimum Gasteiger partial charge on any atom is -0.490 e. The first-order valence-electron chi connectivity index (χ1n) is 11.5. The quantitative estimate of drug-likeness (QED) is 0.459. The highest BCUT2D eigenvalue weighted by Gasteiger charge is 2.26. The van der Waals surface area contributed by atoms with Crippen molar-refractivity contribution >= 4 is 9.84 Å². The van der Waals surface area contributed by atoms with E-state index in [1.54, 1.807) is 38.2 Å². The number of rotatable bonds is 7. The molecule has 0 bridgehead atoms. The zero-order chi connectivity index (χ0) is 22.9. The van der Waals surface area contributed by atoms with Gasteiger partial charge in [-0.15, -0.1) is 0 Å². The van der Waals surface area contributed by atoms with Crippen molar-refractivity contribution < 1.29 is 18.4 Å². The molecule has 1 aliphatic carbocycles. The standard InChI is InChI=1S/C25H32N2O4S/c1-4-6-18-7-9-19(10-8-18)31-24-12-11-20(32(29,30)5-2)16-23(24)22-15-17(3)27(28)25-21(22)13-14-26-25/h11-16,18-19,28H,4-10H2,1-3H3. The molecule has 0 atom stereocenters. The molecule has 0 radical (unpaired) electrons. The summed E-state index contributed by atoms with van der Waals surface area (Å²) in [5, 5.41) is 10.4. The Morgan fingerprint density at radius 1 is 1.06 bits per heavy atom. The first-order valence-corrected chi connectivity index (χ1v) is 13.2. The summed E-state index contributed by atoms with van der Waals surface area (Å²) in [6, 6.07) is 8.82. The molecule has 172 valence electrons. The van der Waals surface area contributed by atoms with Crippen LogP contribution < -0.4 is 4.74 Å². The first-order chi connectivity index (χ1) is 15.3. The Morgan fingerprint density at radius 3 is 2.50 bits per heavy atom. The smallest absolute Gasteiger partial charge is 0.178 e. The maximum atomic E-state index is 12.6. The molecule has 2 aliphatic heterocycles. The highest BCUT2D eigenvalue weighted by molar-refractivity contribution is 7.91. The number of nitrogens with zero attached hydrogens (tertiary/aromatic N) is 2. The van der Waals surface area contributed by atoms with Crippen LogP contribution in [0.1, 0.15) is 58.1 Å². The zero-order valence-electron chi connectivity index (χ0n) is 19.0. The predicted molar refractivity (Wildman–Crippen MR) is 125 cm³/mol. The highest BCUT2D eigenvalue weighted by Crippen LogP contribution is 2.41. The molecular weight excluding hydrogens is 424 g/mol. The molecule has 0 unspecified atom stereocenters. The van der Waals surface area contributed by atoms with Gasteiger partial charge in [0, 0.05) is 17.3 Å². The van der Waals surface area contributed by atoms with Gasteiger partial charge in [-0.1, -0.05) is 26.7 Å². The summed E-state index contributed by atoms with van der Waals surface area (Å²) in [6.07, 6.45) is 8.61. The Bertz CT molecular complexity index is 1160. The summed E-state index contributed by atoms with van der Waals surface area (Å²) in [5.74, 6) is 1.93. The van der Waals surface area contributed by atoms with Crippen LogP contribution in [0.4, 0.5) is 0 Å². The third-order valence-electron chi connectivity index (χ3n) is 6.62. The molecule has 1 N–H and O–H groups in total. The number of aryl methyl sites for hydroxylation is 1. The minimum absolute atomic E-state index is 0.0336. The molecule has 1 saturated carbocycles. The van der Waals surface area contributed by atoms with Gasteiger partial charge >= 0.3 is 0 Å². The van der Waals surface area contributed by atoms with Crippen LogP contribution in [0.3, 0.4) is 0 Å². The fourth-order valence-electron chi connectivity index (χ4n) is 4.75. The normalized spacial score (nSPS) is 19.3. The van der Waals surface area contributed by atoms with E-state index in [2.05, 4.69) is 11.9 Å². The van der Waals surface area contributed by atoms with Gasteiger partial charge in [-0.05, 0) is 74.4 Å². The van der Waals surface area contributed by atoms with Crippen molar-refractivity contribution in [2.75, 3.05) is 5.75 Å². The summed E-state index contributed by atoms with van der Waals surface area (Å²) < 4.78 is 32.8. The van der Waals surface area contributed by atoms with Crippen LogP contribution in [0.15, 0.2) is 41.4 Å². The molecule has 0 aromatic heterocycles. The Kier molecular flexibility index (Phi) is 6.47. The van der Waals surface area contributed by atoms with Gasteiger partial charge < -0.3 is 9.94 Å². The first kappa shape index (κ1) is 22.6. The van der Waals surface area contributed by atoms with Crippen molar-refractivity contribution in [1.29, 1.82) is 0 Å². The largest absolute Gasteiger partial charge is 0.490 e. The monoisotopic (exact) mass is 456 g/mol. The van der Waals surface area contributed by atoms with Gasteiger partial charge in [0.2, 0.25) is 0 Å². The third kappa shape index (κ3) is 4.35. The highest BCUT2D eigenvalue weighted by atomic mass is 32.2. The molecule has 1 aromatic rings.